The summed E-state index contributed by atoms with van der Waals surface area (Å²) in [5, 5.41) is 8.83. The van der Waals surface area contributed by atoms with Gasteiger partial charge in [-0.3, -0.25) is 14.4 Å². The van der Waals surface area contributed by atoms with E-state index in [-0.39, 0.29) is 30.1 Å². The Labute approximate surface area is 143 Å². The Bertz CT molecular complexity index is 501. The smallest absolute Gasteiger partial charge is 0.303 e. The molecule has 1 saturated carbocycles. The zero-order valence-corrected chi connectivity index (χ0v) is 14.3. The minimum Gasteiger partial charge on any atom is -0.481 e. The summed E-state index contributed by atoms with van der Waals surface area (Å²) in [6.07, 6.45) is 7.61. The van der Waals surface area contributed by atoms with Gasteiger partial charge in [-0.2, -0.15) is 0 Å². The summed E-state index contributed by atoms with van der Waals surface area (Å²) in [5.41, 5.74) is 0. The summed E-state index contributed by atoms with van der Waals surface area (Å²) in [4.78, 5) is 39.7. The molecule has 0 aromatic heterocycles. The molecule has 6 heteroatoms. The second-order valence-electron chi connectivity index (χ2n) is 7.61. The summed E-state index contributed by atoms with van der Waals surface area (Å²) < 4.78 is 0. The molecule has 2 atom stereocenters. The van der Waals surface area contributed by atoms with Gasteiger partial charge < -0.3 is 14.9 Å². The van der Waals surface area contributed by atoms with Crippen molar-refractivity contribution in [3.8, 4) is 0 Å². The van der Waals surface area contributed by atoms with Crippen molar-refractivity contribution < 1.29 is 19.5 Å². The zero-order valence-electron chi connectivity index (χ0n) is 14.3. The molecule has 0 radical (unpaired) electrons. The standard InChI is InChI=1S/C18H28N2O4/c21-16-10-14(12-20(16)15-5-1-2-6-15)18(24)19-9-3-4-13(11-19)7-8-17(22)23/h13-15H,1-12H2,(H,22,23). The van der Waals surface area contributed by atoms with Gasteiger partial charge in [0, 0.05) is 38.5 Å². The molecule has 2 saturated heterocycles. The second-order valence-corrected chi connectivity index (χ2v) is 7.61. The van der Waals surface area contributed by atoms with Crippen molar-refractivity contribution in [3.63, 3.8) is 0 Å². The van der Waals surface area contributed by atoms with Crippen molar-refractivity contribution in [2.75, 3.05) is 19.6 Å². The van der Waals surface area contributed by atoms with Crippen LogP contribution in [0, 0.1) is 11.8 Å². The van der Waals surface area contributed by atoms with Gasteiger partial charge in [0.05, 0.1) is 5.92 Å². The van der Waals surface area contributed by atoms with Crippen molar-refractivity contribution in [3.05, 3.63) is 0 Å². The van der Waals surface area contributed by atoms with Gasteiger partial charge in [0.15, 0.2) is 0 Å². The van der Waals surface area contributed by atoms with E-state index in [0.717, 1.165) is 32.2 Å². The summed E-state index contributed by atoms with van der Waals surface area (Å²) in [5.74, 6) is -0.450. The lowest BCUT2D eigenvalue weighted by Crippen LogP contribution is -2.44. The topological polar surface area (TPSA) is 77.9 Å². The molecule has 0 aromatic rings. The number of nitrogens with zero attached hydrogens (tertiary/aromatic N) is 2. The summed E-state index contributed by atoms with van der Waals surface area (Å²) in [6.45, 7) is 1.98. The SMILES string of the molecule is O=C(O)CCC1CCCN(C(=O)C2CC(=O)N(C3CCCC3)C2)C1. The third-order valence-corrected chi connectivity index (χ3v) is 5.87. The Morgan fingerprint density at radius 2 is 1.83 bits per heavy atom. The molecule has 2 amide bonds. The quantitative estimate of drug-likeness (QED) is 0.831. The number of amides is 2. The second kappa shape index (κ2) is 7.53. The molecule has 2 unspecified atom stereocenters. The molecule has 3 fully saturated rings. The molecule has 1 aliphatic carbocycles. The van der Waals surface area contributed by atoms with Gasteiger partial charge in [0.2, 0.25) is 11.8 Å². The zero-order chi connectivity index (χ0) is 17.1. The molecule has 24 heavy (non-hydrogen) atoms. The highest BCUT2D eigenvalue weighted by Gasteiger charge is 2.40. The first-order valence-electron chi connectivity index (χ1n) is 9.34. The van der Waals surface area contributed by atoms with Gasteiger partial charge in [-0.05, 0) is 38.0 Å². The fourth-order valence-corrected chi connectivity index (χ4v) is 4.55. The average Bonchev–Trinajstić information content (AvgIpc) is 3.21. The molecule has 2 heterocycles. The van der Waals surface area contributed by atoms with Crippen LogP contribution in [0.25, 0.3) is 0 Å². The van der Waals surface area contributed by atoms with Gasteiger partial charge in [-0.25, -0.2) is 0 Å². The highest BCUT2D eigenvalue weighted by Crippen LogP contribution is 2.31. The normalized spacial score (nSPS) is 28.6. The van der Waals surface area contributed by atoms with E-state index in [1.54, 1.807) is 0 Å². The number of piperidine rings is 1. The van der Waals surface area contributed by atoms with Gasteiger partial charge >= 0.3 is 5.97 Å². The van der Waals surface area contributed by atoms with Crippen LogP contribution in [0.5, 0.6) is 0 Å². The number of hydrogen-bond donors (Lipinski definition) is 1. The lowest BCUT2D eigenvalue weighted by molar-refractivity contribution is -0.138. The fraction of sp³-hybridized carbons (Fsp3) is 0.833. The Kier molecular flexibility index (Phi) is 5.41. The van der Waals surface area contributed by atoms with Gasteiger partial charge in [-0.1, -0.05) is 12.8 Å². The summed E-state index contributed by atoms with van der Waals surface area (Å²) in [7, 11) is 0. The van der Waals surface area contributed by atoms with Crippen LogP contribution in [-0.2, 0) is 14.4 Å². The predicted molar refractivity (Wildman–Crippen MR) is 88.2 cm³/mol. The number of carbonyl (C=O) groups is 3. The van der Waals surface area contributed by atoms with E-state index in [4.69, 9.17) is 5.11 Å². The molecular formula is C18H28N2O4. The van der Waals surface area contributed by atoms with Crippen molar-refractivity contribution in [2.45, 2.75) is 63.8 Å². The van der Waals surface area contributed by atoms with Gasteiger partial charge in [0.1, 0.15) is 0 Å². The predicted octanol–water partition coefficient (Wildman–Crippen LogP) is 1.88. The lowest BCUT2D eigenvalue weighted by atomic mass is 9.92. The maximum Gasteiger partial charge on any atom is 0.303 e. The number of carboxylic acid groups (broad SMARTS) is 1. The van der Waals surface area contributed by atoms with Crippen LogP contribution in [0.1, 0.15) is 57.8 Å². The Morgan fingerprint density at radius 3 is 2.54 bits per heavy atom. The van der Waals surface area contributed by atoms with Crippen LogP contribution in [0.2, 0.25) is 0 Å². The Morgan fingerprint density at radius 1 is 1.08 bits per heavy atom. The van der Waals surface area contributed by atoms with Crippen molar-refractivity contribution in [1.82, 2.24) is 9.80 Å². The van der Waals surface area contributed by atoms with Crippen LogP contribution in [0.4, 0.5) is 0 Å². The van der Waals surface area contributed by atoms with Crippen LogP contribution in [0.3, 0.4) is 0 Å². The van der Waals surface area contributed by atoms with E-state index in [1.165, 1.54) is 12.8 Å². The van der Waals surface area contributed by atoms with Gasteiger partial charge in [-0.15, -0.1) is 0 Å². The number of rotatable bonds is 5. The Balaban J connectivity index is 1.54. The Hall–Kier alpha value is -1.59. The average molecular weight is 336 g/mol. The number of likely N-dealkylation sites (tertiary alicyclic amines) is 2. The molecule has 3 rings (SSSR count). The van der Waals surface area contributed by atoms with Crippen LogP contribution in [-0.4, -0.2) is 58.4 Å². The molecule has 1 N–H and O–H groups in total. The minimum absolute atomic E-state index is 0.101. The molecule has 0 aromatic carbocycles. The third kappa shape index (κ3) is 3.90. The molecular weight excluding hydrogens is 308 g/mol. The molecule has 3 aliphatic rings. The molecule has 134 valence electrons. The first-order chi connectivity index (χ1) is 11.5. The maximum absolute atomic E-state index is 12.8. The van der Waals surface area contributed by atoms with E-state index >= 15 is 0 Å². The number of aliphatic carboxylic acids is 1. The molecule has 0 spiro atoms. The van der Waals surface area contributed by atoms with Crippen LogP contribution < -0.4 is 0 Å². The summed E-state index contributed by atoms with van der Waals surface area (Å²) in [6, 6.07) is 0.347. The van der Waals surface area contributed by atoms with Crippen LogP contribution in [0.15, 0.2) is 0 Å². The summed E-state index contributed by atoms with van der Waals surface area (Å²) >= 11 is 0. The molecule has 6 nitrogen and oxygen atoms in total. The largest absolute Gasteiger partial charge is 0.481 e. The number of carbonyl (C=O) groups excluding carboxylic acids is 2. The van der Waals surface area contributed by atoms with E-state index < -0.39 is 5.97 Å². The van der Waals surface area contributed by atoms with Crippen LogP contribution >= 0.6 is 0 Å². The van der Waals surface area contributed by atoms with Gasteiger partial charge in [0.25, 0.3) is 0 Å². The monoisotopic (exact) mass is 336 g/mol. The van der Waals surface area contributed by atoms with Crippen molar-refractivity contribution in [1.29, 1.82) is 0 Å². The third-order valence-electron chi connectivity index (χ3n) is 5.87. The first kappa shape index (κ1) is 17.2. The molecule has 0 bridgehead atoms. The minimum atomic E-state index is -0.771. The highest BCUT2D eigenvalue weighted by atomic mass is 16.4. The lowest BCUT2D eigenvalue weighted by Gasteiger charge is -2.34. The first-order valence-corrected chi connectivity index (χ1v) is 9.34. The van der Waals surface area contributed by atoms with Crippen molar-refractivity contribution in [2.24, 2.45) is 11.8 Å². The molecule has 2 aliphatic heterocycles. The van der Waals surface area contributed by atoms with E-state index in [0.29, 0.717) is 32.0 Å². The van der Waals surface area contributed by atoms with E-state index in [2.05, 4.69) is 0 Å². The highest BCUT2D eigenvalue weighted by molar-refractivity contribution is 5.89. The number of carboxylic acids is 1. The fourth-order valence-electron chi connectivity index (χ4n) is 4.55. The van der Waals surface area contributed by atoms with E-state index in [1.807, 2.05) is 9.80 Å². The maximum atomic E-state index is 12.8. The number of hydrogen-bond acceptors (Lipinski definition) is 3. The van der Waals surface area contributed by atoms with Crippen molar-refractivity contribution >= 4 is 17.8 Å². The van der Waals surface area contributed by atoms with E-state index in [9.17, 15) is 14.4 Å².